The molecule has 0 aliphatic rings. The van der Waals surface area contributed by atoms with E-state index in [4.69, 9.17) is 4.74 Å². The highest BCUT2D eigenvalue weighted by Gasteiger charge is 2.21. The van der Waals surface area contributed by atoms with Crippen molar-refractivity contribution in [3.8, 4) is 0 Å². The van der Waals surface area contributed by atoms with Crippen molar-refractivity contribution in [2.24, 2.45) is 0 Å². The largest absolute Gasteiger partial charge is 0.460 e. The monoisotopic (exact) mass is 302 g/mol. The fourth-order valence-electron chi connectivity index (χ4n) is 2.33. The Labute approximate surface area is 132 Å². The Morgan fingerprint density at radius 2 is 1.86 bits per heavy atom. The van der Waals surface area contributed by atoms with E-state index in [1.807, 2.05) is 32.9 Å². The molecule has 0 saturated carbocycles. The molecule has 22 heavy (non-hydrogen) atoms. The topological polar surface area (TPSA) is 44.1 Å². The summed E-state index contributed by atoms with van der Waals surface area (Å²) in [6.07, 6.45) is 3.28. The molecule has 0 amide bonds. The Balaban J connectivity index is 2.30. The van der Waals surface area contributed by atoms with Gasteiger partial charge in [-0.25, -0.2) is 4.98 Å². The average Bonchev–Trinajstić information content (AvgIpc) is 2.80. The molecule has 4 heteroatoms. The molecule has 2 aromatic rings. The Hall–Kier alpha value is -1.84. The molecule has 0 aliphatic heterocycles. The lowest BCUT2D eigenvalue weighted by atomic mass is 10.0. The quantitative estimate of drug-likeness (QED) is 0.800. The van der Waals surface area contributed by atoms with Gasteiger partial charge in [-0.2, -0.15) is 0 Å². The summed E-state index contributed by atoms with van der Waals surface area (Å²) in [6, 6.07) is 5.98. The van der Waals surface area contributed by atoms with Crippen molar-refractivity contribution in [2.45, 2.75) is 65.5 Å². The van der Waals surface area contributed by atoms with Crippen LogP contribution in [0.2, 0.25) is 0 Å². The van der Waals surface area contributed by atoms with E-state index < -0.39 is 5.60 Å². The van der Waals surface area contributed by atoms with Crippen LogP contribution >= 0.6 is 0 Å². The molecule has 0 aromatic carbocycles. The predicted molar refractivity (Wildman–Crippen MR) is 88.9 cm³/mol. The SMILES string of the molecule is CCC(C)(C)n1ccc2ccc(CC(=O)OC(C)(C)C)nc21. The molecule has 0 radical (unpaired) electrons. The fraction of sp³-hybridized carbons (Fsp3) is 0.556. The summed E-state index contributed by atoms with van der Waals surface area (Å²) in [7, 11) is 0. The first-order valence-corrected chi connectivity index (χ1v) is 7.82. The van der Waals surface area contributed by atoms with Gasteiger partial charge in [-0.1, -0.05) is 6.92 Å². The first-order chi connectivity index (χ1) is 10.1. The maximum atomic E-state index is 12.0. The highest BCUT2D eigenvalue weighted by atomic mass is 16.6. The van der Waals surface area contributed by atoms with Crippen LogP contribution in [0.15, 0.2) is 24.4 Å². The normalized spacial score (nSPS) is 12.6. The maximum Gasteiger partial charge on any atom is 0.312 e. The predicted octanol–water partition coefficient (Wildman–Crippen LogP) is 4.07. The van der Waals surface area contributed by atoms with Crippen molar-refractivity contribution in [3.63, 3.8) is 0 Å². The average molecular weight is 302 g/mol. The molecule has 0 atom stereocenters. The van der Waals surface area contributed by atoms with Gasteiger partial charge in [0.15, 0.2) is 0 Å². The molecule has 0 unspecified atom stereocenters. The van der Waals surface area contributed by atoms with E-state index in [0.717, 1.165) is 23.1 Å². The zero-order chi connectivity index (χ0) is 16.5. The van der Waals surface area contributed by atoms with Gasteiger partial charge >= 0.3 is 5.97 Å². The summed E-state index contributed by atoms with van der Waals surface area (Å²) in [5.74, 6) is -0.243. The van der Waals surface area contributed by atoms with Crippen LogP contribution in [0.25, 0.3) is 11.0 Å². The number of hydrogen-bond donors (Lipinski definition) is 0. The third-order valence-electron chi connectivity index (χ3n) is 3.86. The minimum atomic E-state index is -0.467. The minimum Gasteiger partial charge on any atom is -0.460 e. The van der Waals surface area contributed by atoms with E-state index in [-0.39, 0.29) is 17.9 Å². The molecule has 0 N–H and O–H groups in total. The summed E-state index contributed by atoms with van der Waals surface area (Å²) in [5, 5.41) is 1.09. The molecule has 2 rings (SSSR count). The summed E-state index contributed by atoms with van der Waals surface area (Å²) in [4.78, 5) is 16.7. The number of nitrogens with zero attached hydrogens (tertiary/aromatic N) is 2. The van der Waals surface area contributed by atoms with E-state index in [1.54, 1.807) is 0 Å². The van der Waals surface area contributed by atoms with Crippen LogP contribution in [-0.4, -0.2) is 21.1 Å². The molecule has 0 fully saturated rings. The Morgan fingerprint density at radius 1 is 1.18 bits per heavy atom. The lowest BCUT2D eigenvalue weighted by Crippen LogP contribution is -2.26. The lowest BCUT2D eigenvalue weighted by molar-refractivity contribution is -0.153. The molecule has 2 aromatic heterocycles. The van der Waals surface area contributed by atoms with E-state index in [2.05, 4.69) is 42.6 Å². The second-order valence-electron chi connectivity index (χ2n) is 7.33. The fourth-order valence-corrected chi connectivity index (χ4v) is 2.33. The number of carbonyl (C=O) groups excluding carboxylic acids is 1. The molecule has 0 aliphatic carbocycles. The molecule has 0 saturated heterocycles. The number of ether oxygens (including phenoxy) is 1. The first kappa shape index (κ1) is 16.5. The Kier molecular flexibility index (Phi) is 4.32. The van der Waals surface area contributed by atoms with Gasteiger partial charge < -0.3 is 9.30 Å². The van der Waals surface area contributed by atoms with Crippen LogP contribution in [-0.2, 0) is 21.5 Å². The van der Waals surface area contributed by atoms with Gasteiger partial charge in [0, 0.05) is 17.1 Å². The number of carbonyl (C=O) groups is 1. The van der Waals surface area contributed by atoms with Crippen molar-refractivity contribution in [1.29, 1.82) is 0 Å². The summed E-state index contributed by atoms with van der Waals surface area (Å²) < 4.78 is 7.55. The van der Waals surface area contributed by atoms with Crippen LogP contribution in [0.1, 0.15) is 53.7 Å². The molecule has 120 valence electrons. The van der Waals surface area contributed by atoms with Gasteiger partial charge in [0.1, 0.15) is 11.2 Å². The standard InChI is InChI=1S/C18H26N2O2/c1-7-18(5,6)20-11-10-13-8-9-14(19-16(13)20)12-15(21)22-17(2,3)4/h8-11H,7,12H2,1-6H3. The highest BCUT2D eigenvalue weighted by Crippen LogP contribution is 2.26. The van der Waals surface area contributed by atoms with Gasteiger partial charge in [-0.05, 0) is 59.2 Å². The zero-order valence-electron chi connectivity index (χ0n) is 14.4. The van der Waals surface area contributed by atoms with Crippen LogP contribution < -0.4 is 0 Å². The number of hydrogen-bond acceptors (Lipinski definition) is 3. The maximum absolute atomic E-state index is 12.0. The van der Waals surface area contributed by atoms with Crippen molar-refractivity contribution < 1.29 is 9.53 Å². The van der Waals surface area contributed by atoms with Gasteiger partial charge in [-0.3, -0.25) is 4.79 Å². The number of fused-ring (bicyclic) bond motifs is 1. The molecular weight excluding hydrogens is 276 g/mol. The van der Waals surface area contributed by atoms with Gasteiger partial charge in [0.2, 0.25) is 0 Å². The Morgan fingerprint density at radius 3 is 2.45 bits per heavy atom. The van der Waals surface area contributed by atoms with Crippen LogP contribution in [0.4, 0.5) is 0 Å². The van der Waals surface area contributed by atoms with Crippen molar-refractivity contribution in [1.82, 2.24) is 9.55 Å². The summed E-state index contributed by atoms with van der Waals surface area (Å²) in [5.41, 5.74) is 1.20. The van der Waals surface area contributed by atoms with Crippen LogP contribution in [0.5, 0.6) is 0 Å². The first-order valence-electron chi connectivity index (χ1n) is 7.82. The van der Waals surface area contributed by atoms with Crippen molar-refractivity contribution >= 4 is 17.0 Å². The van der Waals surface area contributed by atoms with Crippen LogP contribution in [0.3, 0.4) is 0 Å². The molecule has 4 nitrogen and oxygen atoms in total. The number of aromatic nitrogens is 2. The third kappa shape index (κ3) is 3.67. The number of rotatable bonds is 4. The lowest BCUT2D eigenvalue weighted by Gasteiger charge is -2.26. The molecule has 2 heterocycles. The number of esters is 1. The minimum absolute atomic E-state index is 0.000702. The van der Waals surface area contributed by atoms with E-state index >= 15 is 0 Å². The van der Waals surface area contributed by atoms with E-state index in [9.17, 15) is 4.79 Å². The van der Waals surface area contributed by atoms with Gasteiger partial charge in [0.25, 0.3) is 0 Å². The molecule has 0 bridgehead atoms. The number of pyridine rings is 1. The third-order valence-corrected chi connectivity index (χ3v) is 3.86. The summed E-state index contributed by atoms with van der Waals surface area (Å²) in [6.45, 7) is 12.2. The second-order valence-corrected chi connectivity index (χ2v) is 7.33. The van der Waals surface area contributed by atoms with Crippen molar-refractivity contribution in [2.75, 3.05) is 0 Å². The summed E-state index contributed by atoms with van der Waals surface area (Å²) >= 11 is 0. The van der Waals surface area contributed by atoms with Crippen molar-refractivity contribution in [3.05, 3.63) is 30.1 Å². The Bertz CT molecular complexity index is 678. The molecule has 0 spiro atoms. The van der Waals surface area contributed by atoms with Gasteiger partial charge in [-0.15, -0.1) is 0 Å². The van der Waals surface area contributed by atoms with Gasteiger partial charge in [0.05, 0.1) is 12.1 Å². The smallest absolute Gasteiger partial charge is 0.312 e. The van der Waals surface area contributed by atoms with E-state index in [1.165, 1.54) is 0 Å². The zero-order valence-corrected chi connectivity index (χ0v) is 14.4. The highest BCUT2D eigenvalue weighted by molar-refractivity contribution is 5.78. The second kappa shape index (κ2) is 5.75. The molecular formula is C18H26N2O2. The van der Waals surface area contributed by atoms with E-state index in [0.29, 0.717) is 0 Å². The van der Waals surface area contributed by atoms with Crippen LogP contribution in [0, 0.1) is 0 Å².